The van der Waals surface area contributed by atoms with Crippen LogP contribution in [0, 0.1) is 0 Å². The smallest absolute Gasteiger partial charge is 0.238 e. The van der Waals surface area contributed by atoms with Crippen LogP contribution < -0.4 is 15.5 Å². The lowest BCUT2D eigenvalue weighted by Gasteiger charge is -2.28. The van der Waals surface area contributed by atoms with Crippen molar-refractivity contribution in [1.29, 1.82) is 0 Å². The molecular weight excluding hydrogens is 436 g/mol. The number of hydrogen-bond acceptors (Lipinski definition) is 5. The molecule has 154 valence electrons. The van der Waals surface area contributed by atoms with Gasteiger partial charge < -0.3 is 20.3 Å². The molecule has 3 rings (SSSR count). The van der Waals surface area contributed by atoms with E-state index in [1.807, 2.05) is 48.5 Å². The topological polar surface area (TPSA) is 73.9 Å². The Balaban J connectivity index is 1.44. The average Bonchev–Trinajstić information content (AvgIpc) is 2.69. The lowest BCUT2D eigenvalue weighted by Crippen LogP contribution is -2.36. The lowest BCUT2D eigenvalue weighted by molar-refractivity contribution is -0.119. The summed E-state index contributed by atoms with van der Waals surface area (Å²) in [4.78, 5) is 28.4. The van der Waals surface area contributed by atoms with Crippen LogP contribution in [0.3, 0.4) is 0 Å². The minimum Gasteiger partial charge on any atom is -0.378 e. The molecule has 1 fully saturated rings. The van der Waals surface area contributed by atoms with E-state index in [-0.39, 0.29) is 24.9 Å². The SMILES string of the molecule is CN(CC(=O)Nc1ccc(N2CCOCC2)cc1)CC(=O)Nc1cccc(Br)c1. The highest BCUT2D eigenvalue weighted by atomic mass is 79.9. The average molecular weight is 461 g/mol. The number of anilines is 3. The minimum atomic E-state index is -0.173. The lowest BCUT2D eigenvalue weighted by atomic mass is 10.2. The van der Waals surface area contributed by atoms with E-state index in [1.165, 1.54) is 0 Å². The fourth-order valence-corrected chi connectivity index (χ4v) is 3.49. The Hall–Kier alpha value is -2.42. The maximum atomic E-state index is 12.3. The van der Waals surface area contributed by atoms with Crippen molar-refractivity contribution in [2.75, 3.05) is 62.0 Å². The zero-order valence-electron chi connectivity index (χ0n) is 16.4. The first-order valence-corrected chi connectivity index (χ1v) is 10.3. The van der Waals surface area contributed by atoms with E-state index >= 15 is 0 Å². The Morgan fingerprint density at radius 3 is 2.24 bits per heavy atom. The number of carbonyl (C=O) groups is 2. The third-order valence-electron chi connectivity index (χ3n) is 4.46. The van der Waals surface area contributed by atoms with Crippen molar-refractivity contribution in [3.8, 4) is 0 Å². The van der Waals surface area contributed by atoms with E-state index < -0.39 is 0 Å². The Bertz CT molecular complexity index is 838. The highest BCUT2D eigenvalue weighted by Gasteiger charge is 2.13. The number of halogens is 1. The van der Waals surface area contributed by atoms with E-state index in [4.69, 9.17) is 4.74 Å². The van der Waals surface area contributed by atoms with Gasteiger partial charge in [-0.25, -0.2) is 0 Å². The Labute approximate surface area is 179 Å². The molecule has 2 aromatic rings. The molecule has 0 saturated carbocycles. The van der Waals surface area contributed by atoms with Crippen molar-refractivity contribution in [2.24, 2.45) is 0 Å². The molecule has 0 aliphatic carbocycles. The second-order valence-electron chi connectivity index (χ2n) is 6.93. The van der Waals surface area contributed by atoms with Gasteiger partial charge in [-0.1, -0.05) is 22.0 Å². The summed E-state index contributed by atoms with van der Waals surface area (Å²) in [6.07, 6.45) is 0. The normalized spacial score (nSPS) is 14.0. The van der Waals surface area contributed by atoms with E-state index in [0.717, 1.165) is 42.2 Å². The standard InChI is InChI=1S/C21H25BrN4O3/c1-25(15-21(28)24-18-4-2-3-16(22)13-18)14-20(27)23-17-5-7-19(8-6-17)26-9-11-29-12-10-26/h2-8,13H,9-12,14-15H2,1H3,(H,23,27)(H,24,28). The third kappa shape index (κ3) is 6.85. The van der Waals surface area contributed by atoms with Crippen molar-refractivity contribution in [3.63, 3.8) is 0 Å². The van der Waals surface area contributed by atoms with Gasteiger partial charge in [-0.15, -0.1) is 0 Å². The molecule has 1 saturated heterocycles. The molecule has 7 nitrogen and oxygen atoms in total. The van der Waals surface area contributed by atoms with Crippen molar-refractivity contribution >= 4 is 44.8 Å². The fraction of sp³-hybridized carbons (Fsp3) is 0.333. The molecule has 1 aliphatic heterocycles. The van der Waals surface area contributed by atoms with Gasteiger partial charge >= 0.3 is 0 Å². The van der Waals surface area contributed by atoms with E-state index in [2.05, 4.69) is 31.5 Å². The van der Waals surface area contributed by atoms with Gasteiger partial charge in [0.25, 0.3) is 0 Å². The highest BCUT2D eigenvalue weighted by Crippen LogP contribution is 2.19. The van der Waals surface area contributed by atoms with Crippen LogP contribution in [-0.2, 0) is 14.3 Å². The van der Waals surface area contributed by atoms with E-state index in [1.54, 1.807) is 11.9 Å². The van der Waals surface area contributed by atoms with Crippen LogP contribution >= 0.6 is 15.9 Å². The van der Waals surface area contributed by atoms with Gasteiger partial charge in [0, 0.05) is 34.6 Å². The van der Waals surface area contributed by atoms with Crippen molar-refractivity contribution in [3.05, 3.63) is 53.0 Å². The van der Waals surface area contributed by atoms with Crippen LogP contribution in [-0.4, -0.2) is 63.2 Å². The largest absolute Gasteiger partial charge is 0.378 e. The van der Waals surface area contributed by atoms with Gasteiger partial charge in [-0.2, -0.15) is 0 Å². The summed E-state index contributed by atoms with van der Waals surface area (Å²) in [5.41, 5.74) is 2.56. The van der Waals surface area contributed by atoms with Crippen LogP contribution in [0.1, 0.15) is 0 Å². The molecule has 1 heterocycles. The van der Waals surface area contributed by atoms with Gasteiger partial charge in [0.05, 0.1) is 26.3 Å². The number of amides is 2. The number of morpholine rings is 1. The first-order valence-electron chi connectivity index (χ1n) is 9.46. The van der Waals surface area contributed by atoms with Crippen LogP contribution in [0.25, 0.3) is 0 Å². The number of nitrogens with one attached hydrogen (secondary N) is 2. The summed E-state index contributed by atoms with van der Waals surface area (Å²) in [5.74, 6) is -0.338. The molecule has 0 radical (unpaired) electrons. The van der Waals surface area contributed by atoms with Gasteiger partial charge in [-0.05, 0) is 49.5 Å². The summed E-state index contributed by atoms with van der Waals surface area (Å²) in [5, 5.41) is 5.69. The number of likely N-dealkylation sites (N-methyl/N-ethyl adjacent to an activating group) is 1. The highest BCUT2D eigenvalue weighted by molar-refractivity contribution is 9.10. The van der Waals surface area contributed by atoms with E-state index in [9.17, 15) is 9.59 Å². The molecule has 0 aromatic heterocycles. The molecular formula is C21H25BrN4O3. The van der Waals surface area contributed by atoms with Gasteiger partial charge in [-0.3, -0.25) is 14.5 Å². The molecule has 2 amide bonds. The summed E-state index contributed by atoms with van der Waals surface area (Å²) in [6, 6.07) is 15.2. The monoisotopic (exact) mass is 460 g/mol. The molecule has 0 spiro atoms. The number of rotatable bonds is 7. The summed E-state index contributed by atoms with van der Waals surface area (Å²) >= 11 is 3.37. The van der Waals surface area contributed by atoms with Crippen molar-refractivity contribution < 1.29 is 14.3 Å². The van der Waals surface area contributed by atoms with Gasteiger partial charge in [0.1, 0.15) is 0 Å². The van der Waals surface area contributed by atoms with Crippen LogP contribution in [0.15, 0.2) is 53.0 Å². The molecule has 0 bridgehead atoms. The maximum absolute atomic E-state index is 12.3. The third-order valence-corrected chi connectivity index (χ3v) is 4.96. The molecule has 0 atom stereocenters. The Kier molecular flexibility index (Phi) is 7.62. The fourth-order valence-electron chi connectivity index (χ4n) is 3.09. The van der Waals surface area contributed by atoms with Crippen molar-refractivity contribution in [2.45, 2.75) is 0 Å². The second kappa shape index (κ2) is 10.4. The minimum absolute atomic E-state index is 0.121. The van der Waals surface area contributed by atoms with E-state index in [0.29, 0.717) is 5.69 Å². The van der Waals surface area contributed by atoms with Gasteiger partial charge in [0.15, 0.2) is 0 Å². The first-order chi connectivity index (χ1) is 14.0. The molecule has 29 heavy (non-hydrogen) atoms. The molecule has 2 aromatic carbocycles. The zero-order chi connectivity index (χ0) is 20.6. The second-order valence-corrected chi connectivity index (χ2v) is 7.84. The number of carbonyl (C=O) groups excluding carboxylic acids is 2. The number of ether oxygens (including phenoxy) is 1. The van der Waals surface area contributed by atoms with Gasteiger partial charge in [0.2, 0.25) is 11.8 Å². The predicted molar refractivity (Wildman–Crippen MR) is 118 cm³/mol. The van der Waals surface area contributed by atoms with Crippen LogP contribution in [0.4, 0.5) is 17.1 Å². The summed E-state index contributed by atoms with van der Waals surface area (Å²) < 4.78 is 6.26. The van der Waals surface area contributed by atoms with Crippen molar-refractivity contribution in [1.82, 2.24) is 4.90 Å². The summed E-state index contributed by atoms with van der Waals surface area (Å²) in [7, 11) is 1.74. The Morgan fingerprint density at radius 1 is 1.00 bits per heavy atom. The first kappa shape index (κ1) is 21.3. The maximum Gasteiger partial charge on any atom is 0.238 e. The number of hydrogen-bond donors (Lipinski definition) is 2. The number of nitrogens with zero attached hydrogens (tertiary/aromatic N) is 2. The van der Waals surface area contributed by atoms with Crippen LogP contribution in [0.2, 0.25) is 0 Å². The Morgan fingerprint density at radius 2 is 1.62 bits per heavy atom. The molecule has 0 unspecified atom stereocenters. The quantitative estimate of drug-likeness (QED) is 0.664. The zero-order valence-corrected chi connectivity index (χ0v) is 17.9. The number of benzene rings is 2. The summed E-state index contributed by atoms with van der Waals surface area (Å²) in [6.45, 7) is 3.46. The molecule has 8 heteroatoms. The molecule has 1 aliphatic rings. The van der Waals surface area contributed by atoms with Crippen LogP contribution in [0.5, 0.6) is 0 Å². The predicted octanol–water partition coefficient (Wildman–Crippen LogP) is 2.79. The molecule has 2 N–H and O–H groups in total.